The molecule has 1 aromatic heterocycles. The second kappa shape index (κ2) is 5.97. The summed E-state index contributed by atoms with van der Waals surface area (Å²) < 4.78 is 16.4. The Kier molecular flexibility index (Phi) is 3.87. The minimum Gasteiger partial charge on any atom is -0.486 e. The number of amides is 1. The average Bonchev–Trinajstić information content (AvgIpc) is 2.96. The molecule has 3 rings (SSSR count). The fourth-order valence-electron chi connectivity index (χ4n) is 2.26. The number of rotatable bonds is 4. The van der Waals surface area contributed by atoms with Gasteiger partial charge in [-0.05, 0) is 12.1 Å². The summed E-state index contributed by atoms with van der Waals surface area (Å²) in [6, 6.07) is 7.09. The van der Waals surface area contributed by atoms with Gasteiger partial charge in [-0.25, -0.2) is 0 Å². The monoisotopic (exact) mass is 288 g/mol. The van der Waals surface area contributed by atoms with Crippen LogP contribution < -0.4 is 10.1 Å². The first-order valence-electron chi connectivity index (χ1n) is 6.77. The molecule has 0 saturated carbocycles. The van der Waals surface area contributed by atoms with Gasteiger partial charge < -0.3 is 19.3 Å². The molecule has 1 aliphatic heterocycles. The van der Waals surface area contributed by atoms with Gasteiger partial charge in [0.1, 0.15) is 23.8 Å². The van der Waals surface area contributed by atoms with E-state index in [2.05, 4.69) is 10.5 Å². The summed E-state index contributed by atoms with van der Waals surface area (Å²) in [5.74, 6) is 1.20. The van der Waals surface area contributed by atoms with E-state index >= 15 is 0 Å². The molecule has 6 heteroatoms. The van der Waals surface area contributed by atoms with Gasteiger partial charge in [0.15, 0.2) is 0 Å². The molecule has 2 aromatic rings. The number of nitrogens with zero attached hydrogens (tertiary/aromatic N) is 1. The molecule has 1 aliphatic rings. The van der Waals surface area contributed by atoms with Crippen molar-refractivity contribution in [2.75, 3.05) is 13.7 Å². The van der Waals surface area contributed by atoms with Crippen LogP contribution in [0.2, 0.25) is 0 Å². The molecule has 0 fully saturated rings. The Morgan fingerprint density at radius 3 is 3.14 bits per heavy atom. The summed E-state index contributed by atoms with van der Waals surface area (Å²) >= 11 is 0. The molecule has 2 heterocycles. The van der Waals surface area contributed by atoms with Crippen LogP contribution in [0, 0.1) is 0 Å². The lowest BCUT2D eigenvalue weighted by Gasteiger charge is -2.12. The van der Waals surface area contributed by atoms with Gasteiger partial charge in [-0.2, -0.15) is 0 Å². The zero-order chi connectivity index (χ0) is 14.7. The number of carbonyl (C=O) groups is 1. The summed E-state index contributed by atoms with van der Waals surface area (Å²) in [4.78, 5) is 11.8. The van der Waals surface area contributed by atoms with Crippen LogP contribution in [0.4, 0.5) is 0 Å². The van der Waals surface area contributed by atoms with Crippen molar-refractivity contribution in [3.8, 4) is 5.75 Å². The molecule has 6 nitrogen and oxygen atoms in total. The van der Waals surface area contributed by atoms with Gasteiger partial charge in [0, 0.05) is 19.0 Å². The number of aromatic nitrogens is 1. The van der Waals surface area contributed by atoms with Gasteiger partial charge in [-0.3, -0.25) is 4.79 Å². The fourth-order valence-corrected chi connectivity index (χ4v) is 2.26. The van der Waals surface area contributed by atoms with E-state index in [1.54, 1.807) is 25.2 Å². The summed E-state index contributed by atoms with van der Waals surface area (Å²) in [5, 5.41) is 6.62. The maximum Gasteiger partial charge on any atom is 0.254 e. The third kappa shape index (κ3) is 2.75. The largest absolute Gasteiger partial charge is 0.486 e. The van der Waals surface area contributed by atoms with Gasteiger partial charge in [0.2, 0.25) is 0 Å². The molecule has 0 bridgehead atoms. The van der Waals surface area contributed by atoms with E-state index < -0.39 is 0 Å². The molecular weight excluding hydrogens is 272 g/mol. The van der Waals surface area contributed by atoms with Crippen molar-refractivity contribution < 1.29 is 18.8 Å². The highest BCUT2D eigenvalue weighted by molar-refractivity contribution is 5.96. The predicted molar refractivity (Wildman–Crippen MR) is 74.0 cm³/mol. The number of hydrogen-bond acceptors (Lipinski definition) is 5. The predicted octanol–water partition coefficient (Wildman–Crippen LogP) is 1.69. The number of nitrogens with one attached hydrogen (secondary N) is 1. The number of benzene rings is 1. The van der Waals surface area contributed by atoms with E-state index in [1.165, 1.54) is 0 Å². The maximum absolute atomic E-state index is 11.8. The maximum atomic E-state index is 11.8. The molecule has 1 aromatic carbocycles. The van der Waals surface area contributed by atoms with Gasteiger partial charge in [-0.1, -0.05) is 17.3 Å². The molecule has 110 valence electrons. The van der Waals surface area contributed by atoms with Gasteiger partial charge in [-0.15, -0.1) is 0 Å². The van der Waals surface area contributed by atoms with E-state index in [0.29, 0.717) is 24.5 Å². The Labute approximate surface area is 122 Å². The standard InChI is InChI=1S/C15H16N2O4/c1-16-15(18)10-4-2-3-5-13(10)20-9-12-11-8-19-7-6-14(11)21-17-12/h2-5H,6-9H2,1H3,(H,16,18). The molecule has 1 N–H and O–H groups in total. The Morgan fingerprint density at radius 1 is 1.43 bits per heavy atom. The van der Waals surface area contributed by atoms with Crippen molar-refractivity contribution in [1.82, 2.24) is 10.5 Å². The Morgan fingerprint density at radius 2 is 2.29 bits per heavy atom. The zero-order valence-corrected chi connectivity index (χ0v) is 11.7. The third-order valence-corrected chi connectivity index (χ3v) is 3.39. The summed E-state index contributed by atoms with van der Waals surface area (Å²) in [7, 11) is 1.59. The zero-order valence-electron chi connectivity index (χ0n) is 11.7. The molecule has 0 atom stereocenters. The average molecular weight is 288 g/mol. The number of carbonyl (C=O) groups excluding carboxylic acids is 1. The van der Waals surface area contributed by atoms with Crippen LogP contribution in [0.15, 0.2) is 28.8 Å². The van der Waals surface area contributed by atoms with Crippen molar-refractivity contribution in [3.63, 3.8) is 0 Å². The normalized spacial score (nSPS) is 13.6. The second-order valence-electron chi connectivity index (χ2n) is 4.70. The summed E-state index contributed by atoms with van der Waals surface area (Å²) in [6.07, 6.45) is 0.733. The highest BCUT2D eigenvalue weighted by Gasteiger charge is 2.20. The molecule has 0 spiro atoms. The Hall–Kier alpha value is -2.34. The van der Waals surface area contributed by atoms with Gasteiger partial charge in [0.25, 0.3) is 5.91 Å². The van der Waals surface area contributed by atoms with E-state index in [4.69, 9.17) is 14.0 Å². The van der Waals surface area contributed by atoms with E-state index in [-0.39, 0.29) is 12.5 Å². The van der Waals surface area contributed by atoms with Crippen LogP contribution in [0.5, 0.6) is 5.75 Å². The van der Waals surface area contributed by atoms with Crippen LogP contribution in [0.3, 0.4) is 0 Å². The van der Waals surface area contributed by atoms with Crippen LogP contribution in [0.1, 0.15) is 27.4 Å². The highest BCUT2D eigenvalue weighted by atomic mass is 16.5. The SMILES string of the molecule is CNC(=O)c1ccccc1OCc1noc2c1COCC2. The molecule has 21 heavy (non-hydrogen) atoms. The van der Waals surface area contributed by atoms with Gasteiger partial charge in [0.05, 0.1) is 18.8 Å². The van der Waals surface area contributed by atoms with E-state index in [9.17, 15) is 4.79 Å². The highest BCUT2D eigenvalue weighted by Crippen LogP contribution is 2.23. The number of ether oxygens (including phenoxy) is 2. The minimum atomic E-state index is -0.184. The molecule has 0 saturated heterocycles. The number of para-hydroxylation sites is 1. The van der Waals surface area contributed by atoms with Crippen LogP contribution in [0.25, 0.3) is 0 Å². The first kappa shape index (κ1) is 13.6. The van der Waals surface area contributed by atoms with Crippen molar-refractivity contribution >= 4 is 5.91 Å². The second-order valence-corrected chi connectivity index (χ2v) is 4.70. The topological polar surface area (TPSA) is 73.6 Å². The van der Waals surface area contributed by atoms with Crippen molar-refractivity contribution in [3.05, 3.63) is 46.8 Å². The van der Waals surface area contributed by atoms with Crippen LogP contribution in [-0.4, -0.2) is 24.7 Å². The molecule has 1 amide bonds. The molecule has 0 unspecified atom stereocenters. The number of hydrogen-bond donors (Lipinski definition) is 1. The van der Waals surface area contributed by atoms with E-state index in [0.717, 1.165) is 23.4 Å². The Bertz CT molecular complexity index is 651. The summed E-state index contributed by atoms with van der Waals surface area (Å²) in [6.45, 7) is 1.40. The lowest BCUT2D eigenvalue weighted by molar-refractivity contribution is 0.0957. The van der Waals surface area contributed by atoms with Crippen molar-refractivity contribution in [2.24, 2.45) is 0 Å². The van der Waals surface area contributed by atoms with Gasteiger partial charge >= 0.3 is 0 Å². The number of fused-ring (bicyclic) bond motifs is 1. The van der Waals surface area contributed by atoms with Crippen molar-refractivity contribution in [1.29, 1.82) is 0 Å². The third-order valence-electron chi connectivity index (χ3n) is 3.39. The molecule has 0 radical (unpaired) electrons. The molecular formula is C15H16N2O4. The van der Waals surface area contributed by atoms with Crippen LogP contribution >= 0.6 is 0 Å². The quantitative estimate of drug-likeness (QED) is 0.926. The fraction of sp³-hybridized carbons (Fsp3) is 0.333. The lowest BCUT2D eigenvalue weighted by Crippen LogP contribution is -2.19. The first-order valence-corrected chi connectivity index (χ1v) is 6.77. The Balaban J connectivity index is 1.76. The minimum absolute atomic E-state index is 0.184. The first-order chi connectivity index (χ1) is 10.3. The smallest absolute Gasteiger partial charge is 0.254 e. The van der Waals surface area contributed by atoms with Crippen LogP contribution in [-0.2, 0) is 24.4 Å². The van der Waals surface area contributed by atoms with E-state index in [1.807, 2.05) is 6.07 Å². The summed E-state index contributed by atoms with van der Waals surface area (Å²) in [5.41, 5.74) is 2.17. The van der Waals surface area contributed by atoms with Crippen molar-refractivity contribution in [2.45, 2.75) is 19.6 Å². The lowest BCUT2D eigenvalue weighted by atomic mass is 10.1. The molecule has 0 aliphatic carbocycles.